The van der Waals surface area contributed by atoms with Gasteiger partial charge in [-0.15, -0.1) is 0 Å². The molecule has 0 aliphatic heterocycles. The molecule has 0 unspecified atom stereocenters. The Morgan fingerprint density at radius 1 is 0.769 bits per heavy atom. The summed E-state index contributed by atoms with van der Waals surface area (Å²) in [5.41, 5.74) is 1.62. The molecular weight excluding hydrogens is 581 g/mol. The number of carbonyl (C=O) groups excluding carboxylic acids is 1. The molecule has 0 saturated carbocycles. The number of amides is 1. The lowest BCUT2D eigenvalue weighted by Crippen LogP contribution is -2.38. The molecule has 1 amide bonds. The normalized spacial score (nSPS) is 11.6. The number of para-hydroxylation sites is 1. The highest BCUT2D eigenvalue weighted by molar-refractivity contribution is 7.93. The number of hydrogen-bond donors (Lipinski definition) is 2. The zero-order valence-electron chi connectivity index (χ0n) is 20.5. The molecule has 4 aromatic carbocycles. The standard InChI is InChI=1S/C27H23Cl2N3O5S2/c1-19-10-14-23(15-11-19)39(36,37)32(21-6-3-2-4-7-21)18-26(33)30-20-12-16-22(17-13-20)38(34,35)31-25-9-5-8-24(28)27(25)29/h2-17,31H,18H2,1H3,(H,30,33). The van der Waals surface area contributed by atoms with Crippen molar-refractivity contribution in [3.05, 3.63) is 113 Å². The van der Waals surface area contributed by atoms with Crippen LogP contribution in [0.3, 0.4) is 0 Å². The molecule has 0 heterocycles. The third-order valence-electron chi connectivity index (χ3n) is 5.58. The largest absolute Gasteiger partial charge is 0.325 e. The predicted octanol–water partition coefficient (Wildman–Crippen LogP) is 5.94. The van der Waals surface area contributed by atoms with Gasteiger partial charge in [-0.1, -0.05) is 65.2 Å². The third kappa shape index (κ3) is 6.72. The summed E-state index contributed by atoms with van der Waals surface area (Å²) in [6.07, 6.45) is 0. The van der Waals surface area contributed by atoms with E-state index < -0.39 is 32.5 Å². The summed E-state index contributed by atoms with van der Waals surface area (Å²) in [5, 5.41) is 2.88. The number of carbonyl (C=O) groups is 1. The number of nitrogens with one attached hydrogen (secondary N) is 2. The Balaban J connectivity index is 1.52. The summed E-state index contributed by atoms with van der Waals surface area (Å²) < 4.78 is 55.9. The summed E-state index contributed by atoms with van der Waals surface area (Å²) in [5.74, 6) is -0.617. The van der Waals surface area contributed by atoms with Crippen molar-refractivity contribution in [1.82, 2.24) is 0 Å². The van der Waals surface area contributed by atoms with Crippen LogP contribution in [0.1, 0.15) is 5.56 Å². The molecule has 4 aromatic rings. The van der Waals surface area contributed by atoms with Crippen LogP contribution in [0.2, 0.25) is 10.0 Å². The van der Waals surface area contributed by atoms with Gasteiger partial charge in [0.15, 0.2) is 0 Å². The highest BCUT2D eigenvalue weighted by atomic mass is 35.5. The predicted molar refractivity (Wildman–Crippen MR) is 154 cm³/mol. The lowest BCUT2D eigenvalue weighted by molar-refractivity contribution is -0.114. The molecule has 8 nitrogen and oxygen atoms in total. The minimum atomic E-state index is -4.06. The van der Waals surface area contributed by atoms with Gasteiger partial charge in [0.2, 0.25) is 5.91 Å². The van der Waals surface area contributed by atoms with E-state index in [0.29, 0.717) is 5.69 Å². The van der Waals surface area contributed by atoms with E-state index in [2.05, 4.69) is 10.0 Å². The van der Waals surface area contributed by atoms with Crippen molar-refractivity contribution in [3.63, 3.8) is 0 Å². The summed E-state index contributed by atoms with van der Waals surface area (Å²) in [7, 11) is -8.06. The van der Waals surface area contributed by atoms with Gasteiger partial charge in [0.1, 0.15) is 6.54 Å². The van der Waals surface area contributed by atoms with Crippen molar-refractivity contribution in [2.45, 2.75) is 16.7 Å². The van der Waals surface area contributed by atoms with E-state index in [-0.39, 0.29) is 31.2 Å². The number of anilines is 3. The first-order valence-corrected chi connectivity index (χ1v) is 15.2. The van der Waals surface area contributed by atoms with E-state index in [1.165, 1.54) is 48.5 Å². The van der Waals surface area contributed by atoms with Crippen molar-refractivity contribution in [2.75, 3.05) is 20.9 Å². The van der Waals surface area contributed by atoms with Gasteiger partial charge in [0, 0.05) is 5.69 Å². The SMILES string of the molecule is Cc1ccc(S(=O)(=O)N(CC(=O)Nc2ccc(S(=O)(=O)Nc3cccc(Cl)c3Cl)cc2)c2ccccc2)cc1. The van der Waals surface area contributed by atoms with Gasteiger partial charge < -0.3 is 5.32 Å². The van der Waals surface area contributed by atoms with E-state index >= 15 is 0 Å². The first-order chi connectivity index (χ1) is 18.5. The molecular formula is C27H23Cl2N3O5S2. The van der Waals surface area contributed by atoms with E-state index in [1.807, 2.05) is 6.92 Å². The van der Waals surface area contributed by atoms with E-state index in [0.717, 1.165) is 9.87 Å². The molecule has 0 aliphatic rings. The van der Waals surface area contributed by atoms with Crippen molar-refractivity contribution in [1.29, 1.82) is 0 Å². The van der Waals surface area contributed by atoms with Gasteiger partial charge in [0.25, 0.3) is 20.0 Å². The number of rotatable bonds is 9. The van der Waals surface area contributed by atoms with Gasteiger partial charge in [-0.2, -0.15) is 0 Å². The molecule has 0 radical (unpaired) electrons. The minimum absolute atomic E-state index is 0.0478. The van der Waals surface area contributed by atoms with Crippen LogP contribution in [-0.4, -0.2) is 29.3 Å². The second-order valence-electron chi connectivity index (χ2n) is 8.44. The zero-order valence-corrected chi connectivity index (χ0v) is 23.7. The molecule has 0 aromatic heterocycles. The molecule has 4 rings (SSSR count). The Bertz CT molecular complexity index is 1700. The molecule has 39 heavy (non-hydrogen) atoms. The third-order valence-corrected chi connectivity index (χ3v) is 9.57. The monoisotopic (exact) mass is 603 g/mol. The lowest BCUT2D eigenvalue weighted by Gasteiger charge is -2.24. The van der Waals surface area contributed by atoms with Crippen molar-refractivity contribution in [3.8, 4) is 0 Å². The van der Waals surface area contributed by atoms with Crippen LogP contribution in [0.15, 0.2) is 107 Å². The summed E-state index contributed by atoms with van der Waals surface area (Å²) in [6, 6.07) is 24.6. The average molecular weight is 605 g/mol. The van der Waals surface area contributed by atoms with E-state index in [1.54, 1.807) is 48.5 Å². The summed E-state index contributed by atoms with van der Waals surface area (Å²) >= 11 is 12.0. The number of nitrogens with zero attached hydrogens (tertiary/aromatic N) is 1. The number of sulfonamides is 2. The van der Waals surface area contributed by atoms with Crippen molar-refractivity contribution >= 4 is 66.2 Å². The zero-order chi connectivity index (χ0) is 28.2. The van der Waals surface area contributed by atoms with Gasteiger partial charge in [0.05, 0.1) is 31.2 Å². The Hall–Kier alpha value is -3.57. The van der Waals surface area contributed by atoms with Crippen LogP contribution in [-0.2, 0) is 24.8 Å². The summed E-state index contributed by atoms with van der Waals surface area (Å²) in [4.78, 5) is 12.9. The maximum absolute atomic E-state index is 13.4. The highest BCUT2D eigenvalue weighted by Crippen LogP contribution is 2.31. The number of hydrogen-bond acceptors (Lipinski definition) is 5. The topological polar surface area (TPSA) is 113 Å². The van der Waals surface area contributed by atoms with E-state index in [9.17, 15) is 21.6 Å². The van der Waals surface area contributed by atoms with Crippen molar-refractivity contribution in [2.24, 2.45) is 0 Å². The Labute approximate surface area is 237 Å². The van der Waals surface area contributed by atoms with Gasteiger partial charge >= 0.3 is 0 Å². The first kappa shape index (κ1) is 28.4. The Morgan fingerprint density at radius 2 is 1.38 bits per heavy atom. The fourth-order valence-corrected chi connectivity index (χ4v) is 6.48. The van der Waals surface area contributed by atoms with Gasteiger partial charge in [-0.3, -0.25) is 13.8 Å². The van der Waals surface area contributed by atoms with Crippen molar-refractivity contribution < 1.29 is 21.6 Å². The maximum atomic E-state index is 13.4. The maximum Gasteiger partial charge on any atom is 0.264 e. The molecule has 0 aliphatic carbocycles. The van der Waals surface area contributed by atoms with Gasteiger partial charge in [-0.25, -0.2) is 16.8 Å². The van der Waals surface area contributed by atoms with E-state index in [4.69, 9.17) is 23.2 Å². The molecule has 0 spiro atoms. The highest BCUT2D eigenvalue weighted by Gasteiger charge is 2.27. The fourth-order valence-electron chi connectivity index (χ4n) is 3.58. The fraction of sp³-hybridized carbons (Fsp3) is 0.0741. The van der Waals surface area contributed by atoms with Crippen LogP contribution in [0.25, 0.3) is 0 Å². The molecule has 202 valence electrons. The smallest absolute Gasteiger partial charge is 0.264 e. The quantitative estimate of drug-likeness (QED) is 0.246. The molecule has 0 atom stereocenters. The first-order valence-electron chi connectivity index (χ1n) is 11.5. The van der Waals surface area contributed by atoms with Gasteiger partial charge in [-0.05, 0) is 67.6 Å². The van der Waals surface area contributed by atoms with Crippen LogP contribution in [0, 0.1) is 6.92 Å². The molecule has 0 fully saturated rings. The van der Waals surface area contributed by atoms with Crippen LogP contribution in [0.4, 0.5) is 17.1 Å². The number of benzene rings is 4. The minimum Gasteiger partial charge on any atom is -0.325 e. The Morgan fingerprint density at radius 3 is 2.03 bits per heavy atom. The second kappa shape index (κ2) is 11.7. The van der Waals surface area contributed by atoms with Crippen LogP contribution < -0.4 is 14.3 Å². The van der Waals surface area contributed by atoms with Crippen LogP contribution >= 0.6 is 23.2 Å². The number of aryl methyl sites for hydroxylation is 1. The lowest BCUT2D eigenvalue weighted by atomic mass is 10.2. The molecule has 0 bridgehead atoms. The summed E-state index contributed by atoms with van der Waals surface area (Å²) in [6.45, 7) is 1.34. The number of halogens is 2. The van der Waals surface area contributed by atoms with Crippen LogP contribution in [0.5, 0.6) is 0 Å². The molecule has 0 saturated heterocycles. The molecule has 2 N–H and O–H groups in total. The Kier molecular flexibility index (Phi) is 8.51. The average Bonchev–Trinajstić information content (AvgIpc) is 2.91. The second-order valence-corrected chi connectivity index (χ2v) is 12.8. The molecule has 12 heteroatoms.